The molecule has 2 aliphatic rings. The number of aryl methyl sites for hydroxylation is 1. The molecule has 2 aromatic carbocycles. The number of nitrogens with zero attached hydrogens (tertiary/aromatic N) is 1. The van der Waals surface area contributed by atoms with Gasteiger partial charge in [0, 0.05) is 39.4 Å². The van der Waals surface area contributed by atoms with Crippen LogP contribution < -0.4 is 11.1 Å². The number of carbonyl (C=O) groups is 2. The van der Waals surface area contributed by atoms with Crippen molar-refractivity contribution in [2.45, 2.75) is 63.6 Å². The highest BCUT2D eigenvalue weighted by molar-refractivity contribution is 6.31. The molecule has 1 aliphatic carbocycles. The Morgan fingerprint density at radius 3 is 2.53 bits per heavy atom. The third-order valence-electron chi connectivity index (χ3n) is 7.80. The highest BCUT2D eigenvalue weighted by atomic mass is 35.5. The number of allylic oxidation sites excluding steroid dienone is 4. The number of rotatable bonds is 8. The number of nitrogen functional groups attached to an aromatic ring is 1. The molecule has 1 heterocycles. The van der Waals surface area contributed by atoms with E-state index in [0.717, 1.165) is 37.7 Å². The fourth-order valence-electron chi connectivity index (χ4n) is 5.67. The molecule has 10 heteroatoms. The number of hydrogen-bond donors (Lipinski definition) is 3. The minimum Gasteiger partial charge on any atom is -0.465 e. The maximum absolute atomic E-state index is 15.2. The number of ether oxygens (including phenoxy) is 1. The van der Waals surface area contributed by atoms with Gasteiger partial charge in [0.05, 0.1) is 25.3 Å². The fourth-order valence-corrected chi connectivity index (χ4v) is 5.93. The van der Waals surface area contributed by atoms with Crippen LogP contribution in [0.1, 0.15) is 54.4 Å². The van der Waals surface area contributed by atoms with E-state index >= 15 is 4.39 Å². The number of aliphatic hydroxyl groups excluding tert-OH is 1. The first kappa shape index (κ1) is 34.3. The quantitative estimate of drug-likeness (QED) is 0.162. The Morgan fingerprint density at radius 2 is 1.93 bits per heavy atom. The normalized spacial score (nSPS) is 21.3. The van der Waals surface area contributed by atoms with Gasteiger partial charge < -0.3 is 20.9 Å². The number of nitrogens with one attached hydrogen (secondary N) is 1. The summed E-state index contributed by atoms with van der Waals surface area (Å²) in [5, 5.41) is 13.8. The van der Waals surface area contributed by atoms with Crippen molar-refractivity contribution in [1.82, 2.24) is 4.90 Å². The molecule has 2 aromatic rings. The van der Waals surface area contributed by atoms with Gasteiger partial charge >= 0.3 is 5.97 Å². The van der Waals surface area contributed by atoms with Crippen LogP contribution in [0.4, 0.5) is 15.8 Å². The summed E-state index contributed by atoms with van der Waals surface area (Å²) in [4.78, 5) is 26.5. The first-order valence-corrected chi connectivity index (χ1v) is 15.1. The van der Waals surface area contributed by atoms with Gasteiger partial charge in [0.15, 0.2) is 0 Å². The molecule has 3 atom stereocenters. The third kappa shape index (κ3) is 9.66. The van der Waals surface area contributed by atoms with Crippen LogP contribution in [0.2, 0.25) is 5.02 Å². The summed E-state index contributed by atoms with van der Waals surface area (Å²) in [6, 6.07) is 11.2. The SMILES string of the molecule is C=C(Cl)/C=C\C=C(/F)C1C[C@H](CO)N(C2CCCCC2)C1C(=O)Nc1cccc(Cl)c1.COC(=O)c1ccc(C)c(N)c1. The zero-order valence-electron chi connectivity index (χ0n) is 24.6. The third-order valence-corrected chi connectivity index (χ3v) is 8.17. The fraction of sp³-hybridized carbons (Fsp3) is 0.394. The van der Waals surface area contributed by atoms with Gasteiger partial charge in [-0.2, -0.15) is 0 Å². The van der Waals surface area contributed by atoms with Crippen LogP contribution in [0.15, 0.2) is 78.1 Å². The summed E-state index contributed by atoms with van der Waals surface area (Å²) < 4.78 is 19.8. The highest BCUT2D eigenvalue weighted by Crippen LogP contribution is 2.40. The van der Waals surface area contributed by atoms with Gasteiger partial charge in [-0.05, 0) is 74.2 Å². The van der Waals surface area contributed by atoms with Crippen LogP contribution in [-0.2, 0) is 9.53 Å². The van der Waals surface area contributed by atoms with Crippen molar-refractivity contribution in [2.24, 2.45) is 5.92 Å². The average Bonchev–Trinajstić information content (AvgIpc) is 3.39. The second-order valence-corrected chi connectivity index (χ2v) is 11.7. The van der Waals surface area contributed by atoms with Gasteiger partial charge in [0.2, 0.25) is 5.91 Å². The van der Waals surface area contributed by atoms with E-state index in [1.807, 2.05) is 6.92 Å². The number of aliphatic hydroxyl groups is 1. The van der Waals surface area contributed by atoms with Gasteiger partial charge in [0.25, 0.3) is 0 Å². The highest BCUT2D eigenvalue weighted by Gasteiger charge is 2.49. The van der Waals surface area contributed by atoms with E-state index in [9.17, 15) is 14.7 Å². The van der Waals surface area contributed by atoms with E-state index in [0.29, 0.717) is 33.4 Å². The Labute approximate surface area is 263 Å². The molecule has 1 aliphatic heterocycles. The molecule has 0 aromatic heterocycles. The van der Waals surface area contributed by atoms with E-state index in [1.54, 1.807) is 42.5 Å². The first-order valence-electron chi connectivity index (χ1n) is 14.3. The predicted octanol–water partition coefficient (Wildman–Crippen LogP) is 7.19. The molecular weight excluding hydrogens is 592 g/mol. The lowest BCUT2D eigenvalue weighted by molar-refractivity contribution is -0.123. The maximum Gasteiger partial charge on any atom is 0.337 e. The van der Waals surface area contributed by atoms with E-state index in [-0.39, 0.29) is 30.6 Å². The smallest absolute Gasteiger partial charge is 0.337 e. The maximum atomic E-state index is 15.2. The van der Waals surface area contributed by atoms with E-state index in [4.69, 9.17) is 28.9 Å². The largest absolute Gasteiger partial charge is 0.465 e. The van der Waals surface area contributed by atoms with Crippen molar-refractivity contribution >= 4 is 46.5 Å². The summed E-state index contributed by atoms with van der Waals surface area (Å²) in [6.07, 6.45) is 9.90. The Balaban J connectivity index is 0.000000353. The predicted molar refractivity (Wildman–Crippen MR) is 172 cm³/mol. The Bertz CT molecular complexity index is 1340. The molecule has 4 rings (SSSR count). The summed E-state index contributed by atoms with van der Waals surface area (Å²) in [6.45, 7) is 5.33. The van der Waals surface area contributed by atoms with E-state index in [2.05, 4.69) is 21.5 Å². The second-order valence-electron chi connectivity index (χ2n) is 10.8. The number of anilines is 2. The number of benzene rings is 2. The summed E-state index contributed by atoms with van der Waals surface area (Å²) in [5.41, 5.74) is 8.23. The molecule has 0 radical (unpaired) electrons. The minimum absolute atomic E-state index is 0.116. The molecule has 1 saturated heterocycles. The van der Waals surface area contributed by atoms with Crippen molar-refractivity contribution in [1.29, 1.82) is 0 Å². The van der Waals surface area contributed by atoms with E-state index in [1.165, 1.54) is 25.3 Å². The average molecular weight is 633 g/mol. The standard InChI is InChI=1S/C24H29Cl2FN2O2.C9H11NO2/c1-16(25)7-5-12-22(27)21-14-20(15-30)29(19-10-3-2-4-11-19)23(21)24(31)28-18-9-6-8-17(26)13-18;1-6-3-4-7(5-8(6)10)9(11)12-2/h5-9,12-13,19-21,23,30H,1-4,10-11,14-15H2,(H,28,31);3-5H,10H2,1-2H3/b7-5-,22-12-;/t20-,21?,23?;/m1./s1. The molecule has 0 bridgehead atoms. The van der Waals surface area contributed by atoms with Gasteiger partial charge in [-0.1, -0.05) is 67.3 Å². The number of carbonyl (C=O) groups excluding carboxylic acids is 2. The van der Waals surface area contributed by atoms with Crippen molar-refractivity contribution in [2.75, 3.05) is 24.8 Å². The van der Waals surface area contributed by atoms with Crippen molar-refractivity contribution in [3.8, 4) is 0 Å². The number of halogens is 3. The molecular formula is C33H40Cl2FN3O4. The lowest BCUT2D eigenvalue weighted by Gasteiger charge is -2.39. The number of hydrogen-bond acceptors (Lipinski definition) is 6. The zero-order chi connectivity index (χ0) is 31.5. The van der Waals surface area contributed by atoms with Crippen LogP contribution in [0, 0.1) is 12.8 Å². The van der Waals surface area contributed by atoms with Gasteiger partial charge in [0.1, 0.15) is 5.83 Å². The zero-order valence-corrected chi connectivity index (χ0v) is 26.1. The second kappa shape index (κ2) is 16.6. The number of amides is 1. The molecule has 2 fully saturated rings. The van der Waals surface area contributed by atoms with E-state index < -0.39 is 17.8 Å². The Morgan fingerprint density at radius 1 is 1.21 bits per heavy atom. The van der Waals surface area contributed by atoms with Crippen LogP contribution >= 0.6 is 23.2 Å². The van der Waals surface area contributed by atoms with Crippen molar-refractivity contribution in [3.05, 3.63) is 94.3 Å². The molecule has 2 unspecified atom stereocenters. The molecule has 232 valence electrons. The number of likely N-dealkylation sites (tertiary alicyclic amines) is 1. The topological polar surface area (TPSA) is 105 Å². The Hall–Kier alpha value is -3.17. The number of nitrogens with two attached hydrogens (primary N) is 1. The van der Waals surface area contributed by atoms with Crippen LogP contribution in [0.5, 0.6) is 0 Å². The molecule has 1 saturated carbocycles. The Kier molecular flexibility index (Phi) is 13.3. The van der Waals surface area contributed by atoms with Crippen molar-refractivity contribution < 1.29 is 23.8 Å². The van der Waals surface area contributed by atoms with Gasteiger partial charge in [-0.15, -0.1) is 0 Å². The van der Waals surface area contributed by atoms with Crippen LogP contribution in [0.3, 0.4) is 0 Å². The molecule has 43 heavy (non-hydrogen) atoms. The molecule has 4 N–H and O–H groups in total. The number of methoxy groups -OCH3 is 1. The minimum atomic E-state index is -0.719. The molecule has 7 nitrogen and oxygen atoms in total. The van der Waals surface area contributed by atoms with Gasteiger partial charge in [-0.3, -0.25) is 9.69 Å². The van der Waals surface area contributed by atoms with Crippen LogP contribution in [0.25, 0.3) is 0 Å². The first-order chi connectivity index (χ1) is 20.5. The lowest BCUT2D eigenvalue weighted by Crippen LogP contribution is -2.52. The van der Waals surface area contributed by atoms with Gasteiger partial charge in [-0.25, -0.2) is 9.18 Å². The summed E-state index contributed by atoms with van der Waals surface area (Å²) in [5.74, 6) is -1.71. The monoisotopic (exact) mass is 631 g/mol. The summed E-state index contributed by atoms with van der Waals surface area (Å²) in [7, 11) is 1.35. The van der Waals surface area contributed by atoms with Crippen LogP contribution in [-0.4, -0.2) is 53.7 Å². The molecule has 0 spiro atoms. The number of esters is 1. The lowest BCUT2D eigenvalue weighted by atomic mass is 9.92. The summed E-state index contributed by atoms with van der Waals surface area (Å²) >= 11 is 11.8. The molecule has 1 amide bonds. The van der Waals surface area contributed by atoms with Crippen molar-refractivity contribution in [3.63, 3.8) is 0 Å².